The maximum absolute atomic E-state index is 10.8. The molecule has 0 heterocycles. The van der Waals surface area contributed by atoms with Gasteiger partial charge in [0.1, 0.15) is 17.1 Å². The molecule has 1 unspecified atom stereocenters. The Kier molecular flexibility index (Phi) is 18.4. The van der Waals surface area contributed by atoms with Crippen LogP contribution in [0, 0.1) is 0 Å². The SMILES string of the molecule is C=C(C)C(=O)OC(C)(C)C.C=Cc1ccc(O)cc1.C=Cc1ccc(OC(C)OCC)cc1.C=Cc1ccccc1. The molecule has 1 atom stereocenters. The molecule has 0 aliphatic carbocycles. The summed E-state index contributed by atoms with van der Waals surface area (Å²) in [5, 5.41) is 8.82. The third-order valence-corrected chi connectivity index (χ3v) is 4.73. The first-order chi connectivity index (χ1) is 19.3. The van der Waals surface area contributed by atoms with Crippen LogP contribution in [0.4, 0.5) is 0 Å². The van der Waals surface area contributed by atoms with Crippen molar-refractivity contribution in [3.8, 4) is 11.5 Å². The highest BCUT2D eigenvalue weighted by Crippen LogP contribution is 2.15. The molecule has 3 rings (SSSR count). The second-order valence-electron chi connectivity index (χ2n) is 9.61. The lowest BCUT2D eigenvalue weighted by atomic mass is 10.2. The molecule has 0 bridgehead atoms. The van der Waals surface area contributed by atoms with Gasteiger partial charge >= 0.3 is 5.97 Å². The molecule has 5 nitrogen and oxygen atoms in total. The van der Waals surface area contributed by atoms with Crippen LogP contribution in [0.2, 0.25) is 0 Å². The molecule has 0 aromatic heterocycles. The zero-order valence-corrected chi connectivity index (χ0v) is 25.4. The second-order valence-corrected chi connectivity index (χ2v) is 9.61. The van der Waals surface area contributed by atoms with E-state index in [4.69, 9.17) is 19.3 Å². The molecule has 0 aliphatic rings. The van der Waals surface area contributed by atoms with Crippen LogP contribution in [0.3, 0.4) is 0 Å². The van der Waals surface area contributed by atoms with Crippen LogP contribution in [0.1, 0.15) is 58.2 Å². The first-order valence-corrected chi connectivity index (χ1v) is 13.3. The van der Waals surface area contributed by atoms with Gasteiger partial charge in [0.05, 0.1) is 0 Å². The Morgan fingerprint density at radius 3 is 1.61 bits per heavy atom. The number of benzene rings is 3. The van der Waals surface area contributed by atoms with Gasteiger partial charge < -0.3 is 19.3 Å². The van der Waals surface area contributed by atoms with Crippen LogP contribution in [0.5, 0.6) is 11.5 Å². The molecular weight excluding hydrogens is 512 g/mol. The Bertz CT molecular complexity index is 1170. The summed E-state index contributed by atoms with van der Waals surface area (Å²) in [7, 11) is 0. The van der Waals surface area contributed by atoms with E-state index >= 15 is 0 Å². The third kappa shape index (κ3) is 19.4. The molecule has 3 aromatic rings. The normalized spacial score (nSPS) is 10.4. The summed E-state index contributed by atoms with van der Waals surface area (Å²) < 4.78 is 15.7. The Morgan fingerprint density at radius 1 is 0.829 bits per heavy atom. The summed E-state index contributed by atoms with van der Waals surface area (Å²) in [6, 6.07) is 24.7. The van der Waals surface area contributed by atoms with Crippen LogP contribution >= 0.6 is 0 Å². The minimum absolute atomic E-state index is 0.199. The molecule has 41 heavy (non-hydrogen) atoms. The molecule has 0 saturated carbocycles. The quantitative estimate of drug-likeness (QED) is 0.169. The lowest BCUT2D eigenvalue weighted by Gasteiger charge is -2.19. The van der Waals surface area contributed by atoms with E-state index in [0.717, 1.165) is 16.9 Å². The highest BCUT2D eigenvalue weighted by Gasteiger charge is 2.15. The summed E-state index contributed by atoms with van der Waals surface area (Å²) in [5.41, 5.74) is 3.31. The van der Waals surface area contributed by atoms with Gasteiger partial charge in [-0.2, -0.15) is 0 Å². The lowest BCUT2D eigenvalue weighted by Crippen LogP contribution is -2.23. The van der Waals surface area contributed by atoms with Gasteiger partial charge in [0.15, 0.2) is 6.29 Å². The lowest BCUT2D eigenvalue weighted by molar-refractivity contribution is -0.149. The average molecular weight is 559 g/mol. The molecule has 0 saturated heterocycles. The van der Waals surface area contributed by atoms with Crippen molar-refractivity contribution in [2.75, 3.05) is 6.61 Å². The number of esters is 1. The highest BCUT2D eigenvalue weighted by atomic mass is 16.7. The molecule has 1 N–H and O–H groups in total. The average Bonchev–Trinajstić information content (AvgIpc) is 2.94. The molecular formula is C36H46O5. The van der Waals surface area contributed by atoms with Gasteiger partial charge in [-0.05, 0) is 82.5 Å². The summed E-state index contributed by atoms with van der Waals surface area (Å²) >= 11 is 0. The zero-order chi connectivity index (χ0) is 31.3. The molecule has 0 radical (unpaired) electrons. The van der Waals surface area contributed by atoms with Gasteiger partial charge in [-0.1, -0.05) is 99.1 Å². The summed E-state index contributed by atoms with van der Waals surface area (Å²) in [6.45, 7) is 26.0. The summed E-state index contributed by atoms with van der Waals surface area (Å²) in [4.78, 5) is 10.8. The second kappa shape index (κ2) is 20.5. The number of ether oxygens (including phenoxy) is 3. The largest absolute Gasteiger partial charge is 0.508 e. The third-order valence-electron chi connectivity index (χ3n) is 4.73. The fraction of sp³-hybridized carbons (Fsp3) is 0.250. The Balaban J connectivity index is 0.000000533. The molecule has 0 amide bonds. The number of hydrogen-bond donors (Lipinski definition) is 1. The Morgan fingerprint density at radius 2 is 1.27 bits per heavy atom. The maximum Gasteiger partial charge on any atom is 0.333 e. The fourth-order valence-corrected chi connectivity index (χ4v) is 2.71. The highest BCUT2D eigenvalue weighted by molar-refractivity contribution is 5.87. The number of carbonyl (C=O) groups is 1. The van der Waals surface area contributed by atoms with Gasteiger partial charge in [0.2, 0.25) is 0 Å². The van der Waals surface area contributed by atoms with Crippen LogP contribution in [-0.2, 0) is 14.3 Å². The monoisotopic (exact) mass is 558 g/mol. The van der Waals surface area contributed by atoms with E-state index in [1.54, 1.807) is 31.2 Å². The molecule has 0 aliphatic heterocycles. The number of aromatic hydroxyl groups is 1. The molecule has 3 aromatic carbocycles. The van der Waals surface area contributed by atoms with Gasteiger partial charge in [0, 0.05) is 12.2 Å². The first kappa shape index (κ1) is 36.6. The van der Waals surface area contributed by atoms with Crippen molar-refractivity contribution < 1.29 is 24.1 Å². The standard InChI is InChI=1S/C12H16O2.C8H14O2.C8H8O.C8H8/c1-4-11-6-8-12(9-7-11)14-10(3)13-5-2;1-6(2)7(9)10-8(3,4)5;1-2-7-3-5-8(9)6-4-7;1-2-8-6-4-3-5-7-8/h4,6-10H,1,5H2,2-3H3;1H2,2-5H3;2-6,9H,1H2;2-7H,1H2. The van der Waals surface area contributed by atoms with Gasteiger partial charge in [-0.25, -0.2) is 4.79 Å². The van der Waals surface area contributed by atoms with E-state index in [9.17, 15) is 4.79 Å². The number of phenols is 1. The van der Waals surface area contributed by atoms with E-state index < -0.39 is 5.60 Å². The minimum atomic E-state index is -0.407. The maximum atomic E-state index is 10.8. The number of phenolic OH excluding ortho intramolecular Hbond substituents is 1. The number of rotatable bonds is 8. The van der Waals surface area contributed by atoms with Crippen molar-refractivity contribution in [1.82, 2.24) is 0 Å². The zero-order valence-electron chi connectivity index (χ0n) is 25.4. The van der Waals surface area contributed by atoms with Crippen molar-refractivity contribution in [2.45, 2.75) is 53.4 Å². The summed E-state index contributed by atoms with van der Waals surface area (Å²) in [6.07, 6.45) is 5.17. The van der Waals surface area contributed by atoms with Crippen LogP contribution in [0.15, 0.2) is 111 Å². The smallest absolute Gasteiger partial charge is 0.333 e. The number of carbonyl (C=O) groups excluding carboxylic acids is 1. The molecule has 220 valence electrons. The number of hydrogen-bond acceptors (Lipinski definition) is 5. The van der Waals surface area contributed by atoms with Crippen LogP contribution in [-0.4, -0.2) is 29.6 Å². The van der Waals surface area contributed by atoms with E-state index in [1.807, 2.05) is 107 Å². The predicted molar refractivity (Wildman–Crippen MR) is 174 cm³/mol. The van der Waals surface area contributed by atoms with Gasteiger partial charge in [-0.3, -0.25) is 0 Å². The van der Waals surface area contributed by atoms with Gasteiger partial charge in [0.25, 0.3) is 0 Å². The van der Waals surface area contributed by atoms with E-state index in [0.29, 0.717) is 17.9 Å². The van der Waals surface area contributed by atoms with Crippen molar-refractivity contribution in [1.29, 1.82) is 0 Å². The molecule has 5 heteroatoms. The van der Waals surface area contributed by atoms with Crippen molar-refractivity contribution >= 4 is 24.2 Å². The Hall–Kier alpha value is -4.35. The van der Waals surface area contributed by atoms with Crippen LogP contribution < -0.4 is 4.74 Å². The van der Waals surface area contributed by atoms with Crippen LogP contribution in [0.25, 0.3) is 18.2 Å². The minimum Gasteiger partial charge on any atom is -0.508 e. The Labute approximate surface area is 247 Å². The van der Waals surface area contributed by atoms with Crippen molar-refractivity contribution in [2.24, 2.45) is 0 Å². The fourth-order valence-electron chi connectivity index (χ4n) is 2.71. The van der Waals surface area contributed by atoms with Crippen molar-refractivity contribution in [3.05, 3.63) is 127 Å². The van der Waals surface area contributed by atoms with E-state index in [2.05, 4.69) is 26.3 Å². The predicted octanol–water partition coefficient (Wildman–Crippen LogP) is 9.36. The van der Waals surface area contributed by atoms with Crippen molar-refractivity contribution in [3.63, 3.8) is 0 Å². The van der Waals surface area contributed by atoms with E-state index in [-0.39, 0.29) is 12.3 Å². The summed E-state index contributed by atoms with van der Waals surface area (Å²) in [5.74, 6) is 0.782. The topological polar surface area (TPSA) is 65.0 Å². The molecule has 0 fully saturated rings. The van der Waals surface area contributed by atoms with E-state index in [1.165, 1.54) is 5.56 Å². The first-order valence-electron chi connectivity index (χ1n) is 13.3. The molecule has 0 spiro atoms. The van der Waals surface area contributed by atoms with Gasteiger partial charge in [-0.15, -0.1) is 0 Å².